The highest BCUT2D eigenvalue weighted by atomic mass is 35.5. The molecule has 5 rings (SSSR count). The fraction of sp³-hybridized carbons (Fsp3) is 0.476. The standard InChI is InChI=1S/C21H26ClN3O2/c1-26-20-10-15(11-23-18-13-25-8-6-17(18)7-9-25)2-4-19(20)27-14-16-3-5-21(22)24-12-16/h2-5,10,12,17-18,23H,6-9,11,13-14H2,1H3. The SMILES string of the molecule is COc1cc(CNC2CN3CCC2CC3)ccc1OCc1ccc(Cl)nc1. The second kappa shape index (κ2) is 8.46. The van der Waals surface area contributed by atoms with Crippen molar-refractivity contribution in [1.82, 2.24) is 15.2 Å². The van der Waals surface area contributed by atoms with Gasteiger partial charge in [0.2, 0.25) is 0 Å². The van der Waals surface area contributed by atoms with Crippen molar-refractivity contribution in [3.05, 3.63) is 52.8 Å². The Labute approximate surface area is 165 Å². The lowest BCUT2D eigenvalue weighted by Crippen LogP contribution is -2.55. The number of fused-ring (bicyclic) bond motifs is 3. The van der Waals surface area contributed by atoms with E-state index in [1.165, 1.54) is 38.0 Å². The average Bonchev–Trinajstić information content (AvgIpc) is 2.73. The largest absolute Gasteiger partial charge is 0.493 e. The van der Waals surface area contributed by atoms with Gasteiger partial charge in [-0.05, 0) is 55.6 Å². The van der Waals surface area contributed by atoms with E-state index in [1.807, 2.05) is 12.1 Å². The van der Waals surface area contributed by atoms with Crippen molar-refractivity contribution in [1.29, 1.82) is 0 Å². The molecule has 1 aromatic heterocycles. The van der Waals surface area contributed by atoms with E-state index < -0.39 is 0 Å². The number of halogens is 1. The minimum atomic E-state index is 0.428. The predicted molar refractivity (Wildman–Crippen MR) is 106 cm³/mol. The van der Waals surface area contributed by atoms with Crippen LogP contribution in [0.1, 0.15) is 24.0 Å². The van der Waals surface area contributed by atoms with Gasteiger partial charge in [0.25, 0.3) is 0 Å². The number of pyridine rings is 1. The number of methoxy groups -OCH3 is 1. The summed E-state index contributed by atoms with van der Waals surface area (Å²) in [4.78, 5) is 6.65. The Balaban J connectivity index is 1.35. The van der Waals surface area contributed by atoms with Gasteiger partial charge in [-0.3, -0.25) is 0 Å². The summed E-state index contributed by atoms with van der Waals surface area (Å²) >= 11 is 5.82. The molecule has 3 aliphatic rings. The third-order valence-corrected chi connectivity index (χ3v) is 5.86. The van der Waals surface area contributed by atoms with Crippen LogP contribution in [0.15, 0.2) is 36.5 Å². The number of benzene rings is 1. The third kappa shape index (κ3) is 4.54. The summed E-state index contributed by atoms with van der Waals surface area (Å²) in [7, 11) is 1.68. The number of piperidine rings is 3. The maximum absolute atomic E-state index is 5.91. The van der Waals surface area contributed by atoms with Crippen molar-refractivity contribution in [2.75, 3.05) is 26.7 Å². The van der Waals surface area contributed by atoms with Crippen LogP contribution in [0.3, 0.4) is 0 Å². The van der Waals surface area contributed by atoms with Gasteiger partial charge in [0.05, 0.1) is 7.11 Å². The first-order valence-corrected chi connectivity index (χ1v) is 9.95. The Hall–Kier alpha value is -1.82. The molecule has 6 heteroatoms. The summed E-state index contributed by atoms with van der Waals surface area (Å²) in [5, 5.41) is 4.23. The molecule has 2 aromatic rings. The maximum atomic E-state index is 5.91. The number of hydrogen-bond acceptors (Lipinski definition) is 5. The van der Waals surface area contributed by atoms with Crippen molar-refractivity contribution in [2.24, 2.45) is 5.92 Å². The van der Waals surface area contributed by atoms with E-state index in [0.29, 0.717) is 17.8 Å². The molecule has 2 bridgehead atoms. The molecule has 1 N–H and O–H groups in total. The lowest BCUT2D eigenvalue weighted by molar-refractivity contribution is 0.0720. The summed E-state index contributed by atoms with van der Waals surface area (Å²) in [5.74, 6) is 2.32. The van der Waals surface area contributed by atoms with Crippen LogP contribution in [0.2, 0.25) is 5.15 Å². The van der Waals surface area contributed by atoms with Crippen LogP contribution in [0.25, 0.3) is 0 Å². The number of hydrogen-bond donors (Lipinski definition) is 1. The van der Waals surface area contributed by atoms with Gasteiger partial charge in [-0.1, -0.05) is 23.7 Å². The van der Waals surface area contributed by atoms with Crippen LogP contribution in [-0.2, 0) is 13.2 Å². The average molecular weight is 388 g/mol. The molecule has 27 heavy (non-hydrogen) atoms. The number of aromatic nitrogens is 1. The first kappa shape index (κ1) is 18.5. The van der Waals surface area contributed by atoms with Crippen LogP contribution < -0.4 is 14.8 Å². The molecule has 0 spiro atoms. The summed E-state index contributed by atoms with van der Waals surface area (Å²) in [6.07, 6.45) is 4.38. The molecule has 144 valence electrons. The zero-order chi connectivity index (χ0) is 18.6. The molecule has 4 heterocycles. The van der Waals surface area contributed by atoms with Crippen LogP contribution in [0.5, 0.6) is 11.5 Å². The van der Waals surface area contributed by atoms with E-state index in [-0.39, 0.29) is 0 Å². The molecule has 1 aromatic carbocycles. The Morgan fingerprint density at radius 1 is 1.15 bits per heavy atom. The van der Waals surface area contributed by atoms with Gasteiger partial charge in [-0.2, -0.15) is 0 Å². The zero-order valence-corrected chi connectivity index (χ0v) is 16.4. The molecule has 3 aliphatic heterocycles. The van der Waals surface area contributed by atoms with Gasteiger partial charge < -0.3 is 19.7 Å². The Kier molecular flexibility index (Phi) is 5.81. The second-order valence-corrected chi connectivity index (χ2v) is 7.78. The van der Waals surface area contributed by atoms with Crippen LogP contribution in [0.4, 0.5) is 0 Å². The highest BCUT2D eigenvalue weighted by Crippen LogP contribution is 2.30. The molecule has 0 radical (unpaired) electrons. The highest BCUT2D eigenvalue weighted by Gasteiger charge is 2.33. The van der Waals surface area contributed by atoms with Gasteiger partial charge in [-0.25, -0.2) is 4.98 Å². The van der Waals surface area contributed by atoms with Crippen LogP contribution >= 0.6 is 11.6 Å². The van der Waals surface area contributed by atoms with Crippen molar-refractivity contribution in [2.45, 2.75) is 32.0 Å². The number of nitrogens with one attached hydrogen (secondary N) is 1. The second-order valence-electron chi connectivity index (χ2n) is 7.39. The van der Waals surface area contributed by atoms with E-state index in [4.69, 9.17) is 21.1 Å². The number of nitrogens with zero attached hydrogens (tertiary/aromatic N) is 2. The van der Waals surface area contributed by atoms with Crippen molar-refractivity contribution < 1.29 is 9.47 Å². The van der Waals surface area contributed by atoms with Crippen LogP contribution in [-0.4, -0.2) is 42.7 Å². The van der Waals surface area contributed by atoms with E-state index in [9.17, 15) is 0 Å². The van der Waals surface area contributed by atoms with Gasteiger partial charge in [-0.15, -0.1) is 0 Å². The monoisotopic (exact) mass is 387 g/mol. The molecule has 0 amide bonds. The lowest BCUT2D eigenvalue weighted by atomic mass is 9.84. The van der Waals surface area contributed by atoms with E-state index in [2.05, 4.69) is 27.3 Å². The van der Waals surface area contributed by atoms with Crippen molar-refractivity contribution >= 4 is 11.6 Å². The summed E-state index contributed by atoms with van der Waals surface area (Å²) in [6, 6.07) is 10.4. The normalized spacial score (nSPS) is 24.0. The smallest absolute Gasteiger partial charge is 0.161 e. The first-order chi connectivity index (χ1) is 13.2. The number of rotatable bonds is 7. The Morgan fingerprint density at radius 3 is 2.63 bits per heavy atom. The van der Waals surface area contributed by atoms with Gasteiger partial charge in [0.1, 0.15) is 11.8 Å². The quantitative estimate of drug-likeness (QED) is 0.737. The maximum Gasteiger partial charge on any atom is 0.161 e. The van der Waals surface area contributed by atoms with Gasteiger partial charge in [0, 0.05) is 30.9 Å². The topological polar surface area (TPSA) is 46.6 Å². The first-order valence-electron chi connectivity index (χ1n) is 9.57. The molecule has 3 fully saturated rings. The van der Waals surface area contributed by atoms with E-state index >= 15 is 0 Å². The van der Waals surface area contributed by atoms with Gasteiger partial charge >= 0.3 is 0 Å². The zero-order valence-electron chi connectivity index (χ0n) is 15.7. The predicted octanol–water partition coefficient (Wildman–Crippen LogP) is 3.51. The molecule has 3 saturated heterocycles. The van der Waals surface area contributed by atoms with Crippen molar-refractivity contribution in [3.63, 3.8) is 0 Å². The van der Waals surface area contributed by atoms with E-state index in [0.717, 1.165) is 29.5 Å². The molecule has 1 atom stereocenters. The Bertz CT molecular complexity index is 761. The highest BCUT2D eigenvalue weighted by molar-refractivity contribution is 6.29. The lowest BCUT2D eigenvalue weighted by Gasteiger charge is -2.45. The minimum absolute atomic E-state index is 0.428. The fourth-order valence-corrected chi connectivity index (χ4v) is 4.15. The van der Waals surface area contributed by atoms with Crippen LogP contribution in [0, 0.1) is 5.92 Å². The summed E-state index contributed by atoms with van der Waals surface area (Å²) in [5.41, 5.74) is 2.18. The fourth-order valence-electron chi connectivity index (χ4n) is 4.04. The molecule has 0 aliphatic carbocycles. The Morgan fingerprint density at radius 2 is 1.96 bits per heavy atom. The molecular weight excluding hydrogens is 362 g/mol. The van der Waals surface area contributed by atoms with E-state index in [1.54, 1.807) is 19.4 Å². The molecule has 1 unspecified atom stereocenters. The summed E-state index contributed by atoms with van der Waals surface area (Å²) in [6.45, 7) is 5.00. The number of ether oxygens (including phenoxy) is 2. The molecule has 5 nitrogen and oxygen atoms in total. The molecule has 0 saturated carbocycles. The van der Waals surface area contributed by atoms with Crippen molar-refractivity contribution in [3.8, 4) is 11.5 Å². The third-order valence-electron chi connectivity index (χ3n) is 5.64. The summed E-state index contributed by atoms with van der Waals surface area (Å²) < 4.78 is 11.4. The molecular formula is C21H26ClN3O2. The van der Waals surface area contributed by atoms with Gasteiger partial charge in [0.15, 0.2) is 11.5 Å². The minimum Gasteiger partial charge on any atom is -0.493 e.